The maximum Gasteiger partial charge on any atom is 0.226 e. The lowest BCUT2D eigenvalue weighted by atomic mass is 10.0. The molecule has 0 bridgehead atoms. The first kappa shape index (κ1) is 12.1. The number of aliphatic hydroxyl groups is 1. The van der Waals surface area contributed by atoms with Crippen LogP contribution in [0.2, 0.25) is 0 Å². The summed E-state index contributed by atoms with van der Waals surface area (Å²) in [6, 6.07) is 8.12. The highest BCUT2D eigenvalue weighted by Crippen LogP contribution is 2.27. The Bertz CT molecular complexity index is 391. The van der Waals surface area contributed by atoms with E-state index in [-0.39, 0.29) is 24.5 Å². The molecule has 0 aliphatic heterocycles. The Balaban J connectivity index is 2.05. The van der Waals surface area contributed by atoms with Crippen LogP contribution in [0.5, 0.6) is 0 Å². The zero-order valence-electron chi connectivity index (χ0n) is 10.4. The van der Waals surface area contributed by atoms with Gasteiger partial charge in [0.05, 0.1) is 12.6 Å². The minimum atomic E-state index is -0.105. The second kappa shape index (κ2) is 4.88. The molecular formula is C14H19NO2. The summed E-state index contributed by atoms with van der Waals surface area (Å²) in [5, 5.41) is 9.08. The third kappa shape index (κ3) is 2.34. The first-order valence-electron chi connectivity index (χ1n) is 6.07. The predicted molar refractivity (Wildman–Crippen MR) is 66.7 cm³/mol. The Labute approximate surface area is 102 Å². The van der Waals surface area contributed by atoms with Gasteiger partial charge in [-0.2, -0.15) is 0 Å². The molecule has 0 saturated heterocycles. The highest BCUT2D eigenvalue weighted by Gasteiger charge is 2.30. The molecular weight excluding hydrogens is 214 g/mol. The van der Waals surface area contributed by atoms with Gasteiger partial charge in [0.2, 0.25) is 5.91 Å². The molecule has 0 saturated carbocycles. The quantitative estimate of drug-likeness (QED) is 0.853. The summed E-state index contributed by atoms with van der Waals surface area (Å²) in [5.41, 5.74) is 2.58. The van der Waals surface area contributed by atoms with Crippen molar-refractivity contribution < 1.29 is 9.90 Å². The second-order valence-corrected chi connectivity index (χ2v) is 4.85. The van der Waals surface area contributed by atoms with Crippen LogP contribution in [-0.2, 0) is 17.6 Å². The molecule has 1 unspecified atom stereocenters. The molecule has 3 heteroatoms. The SMILES string of the molecule is CC(CO)N(C)C(=O)C1Cc2ccccc2C1. The highest BCUT2D eigenvalue weighted by molar-refractivity contribution is 5.80. The minimum Gasteiger partial charge on any atom is -0.394 e. The van der Waals surface area contributed by atoms with Gasteiger partial charge in [0.15, 0.2) is 0 Å². The number of hydrogen-bond acceptors (Lipinski definition) is 2. The normalized spacial score (nSPS) is 16.6. The molecule has 0 spiro atoms. The Hall–Kier alpha value is -1.35. The zero-order valence-corrected chi connectivity index (χ0v) is 10.4. The topological polar surface area (TPSA) is 40.5 Å². The maximum atomic E-state index is 12.2. The van der Waals surface area contributed by atoms with Crippen LogP contribution in [0.3, 0.4) is 0 Å². The maximum absolute atomic E-state index is 12.2. The van der Waals surface area contributed by atoms with E-state index in [1.54, 1.807) is 11.9 Å². The Morgan fingerprint density at radius 1 is 1.41 bits per heavy atom. The summed E-state index contributed by atoms with van der Waals surface area (Å²) in [6.45, 7) is 1.88. The van der Waals surface area contributed by atoms with Crippen molar-refractivity contribution in [2.75, 3.05) is 13.7 Å². The van der Waals surface area contributed by atoms with Gasteiger partial charge >= 0.3 is 0 Å². The van der Waals surface area contributed by atoms with Crippen molar-refractivity contribution in [1.29, 1.82) is 0 Å². The average Bonchev–Trinajstić information content (AvgIpc) is 2.79. The smallest absolute Gasteiger partial charge is 0.226 e. The van der Waals surface area contributed by atoms with E-state index in [9.17, 15) is 4.79 Å². The van der Waals surface area contributed by atoms with E-state index < -0.39 is 0 Å². The number of carbonyl (C=O) groups excluding carboxylic acids is 1. The summed E-state index contributed by atoms with van der Waals surface area (Å²) in [7, 11) is 1.77. The summed E-state index contributed by atoms with van der Waals surface area (Å²) < 4.78 is 0. The first-order chi connectivity index (χ1) is 8.13. The minimum absolute atomic E-state index is 0.0158. The molecule has 1 N–H and O–H groups in total. The number of likely N-dealkylation sites (N-methyl/N-ethyl adjacent to an activating group) is 1. The van der Waals surface area contributed by atoms with E-state index in [2.05, 4.69) is 12.1 Å². The van der Waals surface area contributed by atoms with Crippen LogP contribution in [0, 0.1) is 5.92 Å². The van der Waals surface area contributed by atoms with Crippen LogP contribution in [-0.4, -0.2) is 35.6 Å². The standard InChI is InChI=1S/C14H19NO2/c1-10(9-16)15(2)14(17)13-7-11-5-3-4-6-12(11)8-13/h3-6,10,13,16H,7-9H2,1-2H3. The lowest BCUT2D eigenvalue weighted by Crippen LogP contribution is -2.41. The van der Waals surface area contributed by atoms with Crippen LogP contribution in [0.1, 0.15) is 18.1 Å². The molecule has 17 heavy (non-hydrogen) atoms. The number of hydrogen-bond donors (Lipinski definition) is 1. The monoisotopic (exact) mass is 233 g/mol. The summed E-state index contributed by atoms with van der Waals surface area (Å²) in [5.74, 6) is 0.189. The molecule has 1 aromatic carbocycles. The van der Waals surface area contributed by atoms with E-state index in [1.807, 2.05) is 19.1 Å². The molecule has 1 aliphatic rings. The van der Waals surface area contributed by atoms with Gasteiger partial charge < -0.3 is 10.0 Å². The Morgan fingerprint density at radius 2 is 1.94 bits per heavy atom. The third-order valence-electron chi connectivity index (χ3n) is 3.67. The van der Waals surface area contributed by atoms with Crippen molar-refractivity contribution in [2.45, 2.75) is 25.8 Å². The first-order valence-corrected chi connectivity index (χ1v) is 6.07. The van der Waals surface area contributed by atoms with Gasteiger partial charge in [-0.15, -0.1) is 0 Å². The van der Waals surface area contributed by atoms with E-state index in [1.165, 1.54) is 11.1 Å². The summed E-state index contributed by atoms with van der Waals surface area (Å²) >= 11 is 0. The van der Waals surface area contributed by atoms with E-state index in [4.69, 9.17) is 5.11 Å². The van der Waals surface area contributed by atoms with Gasteiger partial charge in [-0.05, 0) is 30.9 Å². The fraction of sp³-hybridized carbons (Fsp3) is 0.500. The van der Waals surface area contributed by atoms with Gasteiger partial charge in [-0.3, -0.25) is 4.79 Å². The van der Waals surface area contributed by atoms with Gasteiger partial charge in [0.1, 0.15) is 0 Å². The van der Waals surface area contributed by atoms with Gasteiger partial charge in [-0.25, -0.2) is 0 Å². The van der Waals surface area contributed by atoms with E-state index in [0.717, 1.165) is 12.8 Å². The van der Waals surface area contributed by atoms with Crippen LogP contribution in [0.15, 0.2) is 24.3 Å². The van der Waals surface area contributed by atoms with Gasteiger partial charge in [-0.1, -0.05) is 24.3 Å². The van der Waals surface area contributed by atoms with E-state index in [0.29, 0.717) is 0 Å². The highest BCUT2D eigenvalue weighted by atomic mass is 16.3. The molecule has 1 amide bonds. The fourth-order valence-electron chi connectivity index (χ4n) is 2.36. The number of nitrogens with zero attached hydrogens (tertiary/aromatic N) is 1. The largest absolute Gasteiger partial charge is 0.394 e. The molecule has 92 valence electrons. The molecule has 0 fully saturated rings. The Kier molecular flexibility index (Phi) is 3.48. The summed E-state index contributed by atoms with van der Waals surface area (Å²) in [4.78, 5) is 13.9. The van der Waals surface area contributed by atoms with Crippen molar-refractivity contribution in [3.8, 4) is 0 Å². The Morgan fingerprint density at radius 3 is 2.41 bits per heavy atom. The van der Waals surface area contributed by atoms with Crippen molar-refractivity contribution >= 4 is 5.91 Å². The number of aliphatic hydroxyl groups excluding tert-OH is 1. The molecule has 2 rings (SSSR count). The summed E-state index contributed by atoms with van der Waals surface area (Å²) in [6.07, 6.45) is 1.66. The molecule has 1 aromatic rings. The van der Waals surface area contributed by atoms with E-state index >= 15 is 0 Å². The van der Waals surface area contributed by atoms with Crippen LogP contribution in [0.25, 0.3) is 0 Å². The molecule has 0 radical (unpaired) electrons. The van der Waals surface area contributed by atoms with Crippen molar-refractivity contribution in [3.05, 3.63) is 35.4 Å². The number of carbonyl (C=O) groups is 1. The van der Waals surface area contributed by atoms with Crippen LogP contribution >= 0.6 is 0 Å². The lowest BCUT2D eigenvalue weighted by Gasteiger charge is -2.26. The van der Waals surface area contributed by atoms with Crippen molar-refractivity contribution in [2.24, 2.45) is 5.92 Å². The lowest BCUT2D eigenvalue weighted by molar-refractivity contribution is -0.136. The van der Waals surface area contributed by atoms with Gasteiger partial charge in [0, 0.05) is 13.0 Å². The number of amides is 1. The predicted octanol–water partition coefficient (Wildman–Crippen LogP) is 1.24. The average molecular weight is 233 g/mol. The molecule has 3 nitrogen and oxygen atoms in total. The van der Waals surface area contributed by atoms with Crippen LogP contribution in [0.4, 0.5) is 0 Å². The number of benzene rings is 1. The zero-order chi connectivity index (χ0) is 12.4. The number of rotatable bonds is 3. The van der Waals surface area contributed by atoms with Crippen molar-refractivity contribution in [3.63, 3.8) is 0 Å². The molecule has 1 aliphatic carbocycles. The second-order valence-electron chi connectivity index (χ2n) is 4.85. The molecule has 1 atom stereocenters. The van der Waals surface area contributed by atoms with Gasteiger partial charge in [0.25, 0.3) is 0 Å². The molecule has 0 heterocycles. The van der Waals surface area contributed by atoms with Crippen molar-refractivity contribution in [1.82, 2.24) is 4.90 Å². The molecule has 0 aromatic heterocycles. The number of fused-ring (bicyclic) bond motifs is 1. The fourth-order valence-corrected chi connectivity index (χ4v) is 2.36. The van der Waals surface area contributed by atoms with Crippen LogP contribution < -0.4 is 0 Å². The third-order valence-corrected chi connectivity index (χ3v) is 3.67.